The maximum Gasteiger partial charge on any atom is 0.133 e. The van der Waals surface area contributed by atoms with Gasteiger partial charge in [-0.3, -0.25) is 0 Å². The van der Waals surface area contributed by atoms with Crippen LogP contribution in [0, 0.1) is 11.3 Å². The molecule has 0 spiro atoms. The van der Waals surface area contributed by atoms with Crippen LogP contribution in [0.5, 0.6) is 0 Å². The van der Waals surface area contributed by atoms with Crippen molar-refractivity contribution in [1.29, 1.82) is 5.26 Å². The average Bonchev–Trinajstić information content (AvgIpc) is 2.82. The van der Waals surface area contributed by atoms with Crippen molar-refractivity contribution in [3.8, 4) is 6.07 Å². The van der Waals surface area contributed by atoms with E-state index in [1.54, 1.807) is 0 Å². The molecule has 0 fully saturated rings. The first-order valence-corrected chi connectivity index (χ1v) is 8.47. The van der Waals surface area contributed by atoms with Crippen molar-refractivity contribution in [3.63, 3.8) is 0 Å². The van der Waals surface area contributed by atoms with Gasteiger partial charge in [0.2, 0.25) is 0 Å². The SMILES string of the molecule is N#Cc1ccc(CNCCCc2nnc3n2CCCCC3)cc1. The Kier molecular flexibility index (Phi) is 5.38. The fraction of sp³-hybridized carbons (Fsp3) is 0.500. The van der Waals surface area contributed by atoms with Gasteiger partial charge >= 0.3 is 0 Å². The lowest BCUT2D eigenvalue weighted by Gasteiger charge is -2.07. The molecule has 1 aliphatic heterocycles. The standard InChI is InChI=1S/C18H23N5/c19-13-15-7-9-16(10-8-15)14-20-11-4-6-18-22-21-17-5-2-1-3-12-23(17)18/h7-10,20H,1-6,11-12,14H2. The molecule has 2 aromatic rings. The molecule has 5 heteroatoms. The summed E-state index contributed by atoms with van der Waals surface area (Å²) in [6.07, 6.45) is 6.90. The largest absolute Gasteiger partial charge is 0.315 e. The normalized spacial score (nSPS) is 14.0. The van der Waals surface area contributed by atoms with Gasteiger partial charge < -0.3 is 9.88 Å². The van der Waals surface area contributed by atoms with Gasteiger partial charge in [-0.15, -0.1) is 10.2 Å². The Morgan fingerprint density at radius 3 is 2.83 bits per heavy atom. The van der Waals surface area contributed by atoms with Gasteiger partial charge in [0.1, 0.15) is 11.6 Å². The zero-order chi connectivity index (χ0) is 15.9. The molecule has 1 N–H and O–H groups in total. The highest BCUT2D eigenvalue weighted by Crippen LogP contribution is 2.15. The van der Waals surface area contributed by atoms with Gasteiger partial charge in [0, 0.05) is 25.9 Å². The van der Waals surface area contributed by atoms with Crippen molar-refractivity contribution in [2.24, 2.45) is 0 Å². The van der Waals surface area contributed by atoms with E-state index in [-0.39, 0.29) is 0 Å². The molecule has 120 valence electrons. The molecule has 0 bridgehead atoms. The number of benzene rings is 1. The highest BCUT2D eigenvalue weighted by Gasteiger charge is 2.13. The molecule has 0 aliphatic carbocycles. The van der Waals surface area contributed by atoms with Gasteiger partial charge in [-0.1, -0.05) is 18.6 Å². The van der Waals surface area contributed by atoms with Crippen LogP contribution in [0.25, 0.3) is 0 Å². The third kappa shape index (κ3) is 4.17. The Labute approximate surface area is 137 Å². The van der Waals surface area contributed by atoms with Gasteiger partial charge in [0.05, 0.1) is 11.6 Å². The number of hydrogen-bond acceptors (Lipinski definition) is 4. The third-order valence-electron chi connectivity index (χ3n) is 4.35. The van der Waals surface area contributed by atoms with Gasteiger partial charge in [-0.25, -0.2) is 0 Å². The highest BCUT2D eigenvalue weighted by atomic mass is 15.3. The molecule has 0 amide bonds. The molecule has 1 aliphatic rings. The van der Waals surface area contributed by atoms with Crippen LogP contribution in [0.15, 0.2) is 24.3 Å². The minimum atomic E-state index is 0.709. The summed E-state index contributed by atoms with van der Waals surface area (Å²) in [5.41, 5.74) is 1.92. The number of nitrogens with zero attached hydrogens (tertiary/aromatic N) is 4. The Morgan fingerprint density at radius 1 is 1.13 bits per heavy atom. The van der Waals surface area contributed by atoms with Gasteiger partial charge in [0.25, 0.3) is 0 Å². The fourth-order valence-electron chi connectivity index (χ4n) is 3.03. The van der Waals surface area contributed by atoms with Crippen LogP contribution >= 0.6 is 0 Å². The second-order valence-corrected chi connectivity index (χ2v) is 6.08. The Balaban J connectivity index is 1.41. The van der Waals surface area contributed by atoms with E-state index in [1.807, 2.05) is 24.3 Å². The van der Waals surface area contributed by atoms with Crippen molar-refractivity contribution < 1.29 is 0 Å². The van der Waals surface area contributed by atoms with E-state index in [2.05, 4.69) is 26.2 Å². The predicted molar refractivity (Wildman–Crippen MR) is 88.8 cm³/mol. The maximum atomic E-state index is 8.79. The van der Waals surface area contributed by atoms with Crippen molar-refractivity contribution in [1.82, 2.24) is 20.1 Å². The van der Waals surface area contributed by atoms with Crippen LogP contribution < -0.4 is 5.32 Å². The molecule has 3 rings (SSSR count). The van der Waals surface area contributed by atoms with Crippen molar-refractivity contribution >= 4 is 0 Å². The van der Waals surface area contributed by atoms with Gasteiger partial charge in [-0.2, -0.15) is 5.26 Å². The smallest absolute Gasteiger partial charge is 0.133 e. The topological polar surface area (TPSA) is 66.5 Å². The zero-order valence-corrected chi connectivity index (χ0v) is 13.5. The second-order valence-electron chi connectivity index (χ2n) is 6.08. The molecule has 2 heterocycles. The Hall–Kier alpha value is -2.19. The predicted octanol–water partition coefficient (Wildman–Crippen LogP) is 2.60. The van der Waals surface area contributed by atoms with E-state index in [0.29, 0.717) is 5.56 Å². The fourth-order valence-corrected chi connectivity index (χ4v) is 3.03. The van der Waals surface area contributed by atoms with Crippen LogP contribution in [0.2, 0.25) is 0 Å². The molecule has 1 aromatic heterocycles. The molecule has 0 radical (unpaired) electrons. The van der Waals surface area contributed by atoms with Crippen LogP contribution in [0.4, 0.5) is 0 Å². The van der Waals surface area contributed by atoms with Crippen molar-refractivity contribution in [2.45, 2.75) is 51.6 Å². The number of aromatic nitrogens is 3. The molecule has 0 atom stereocenters. The van der Waals surface area contributed by atoms with Crippen LogP contribution in [-0.4, -0.2) is 21.3 Å². The molecule has 1 aromatic carbocycles. The third-order valence-corrected chi connectivity index (χ3v) is 4.35. The maximum absolute atomic E-state index is 8.79. The number of nitrogens with one attached hydrogen (secondary N) is 1. The summed E-state index contributed by atoms with van der Waals surface area (Å²) >= 11 is 0. The molecule has 5 nitrogen and oxygen atoms in total. The first kappa shape index (κ1) is 15.7. The van der Waals surface area contributed by atoms with Gasteiger partial charge in [-0.05, 0) is 43.5 Å². The minimum absolute atomic E-state index is 0.709. The average molecular weight is 309 g/mol. The van der Waals surface area contributed by atoms with E-state index in [9.17, 15) is 0 Å². The van der Waals surface area contributed by atoms with Gasteiger partial charge in [0.15, 0.2) is 0 Å². The minimum Gasteiger partial charge on any atom is -0.315 e. The van der Waals surface area contributed by atoms with E-state index < -0.39 is 0 Å². The molecule has 0 saturated heterocycles. The quantitative estimate of drug-likeness (QED) is 0.833. The van der Waals surface area contributed by atoms with Crippen molar-refractivity contribution in [3.05, 3.63) is 47.0 Å². The number of rotatable bonds is 6. The Bertz CT molecular complexity index is 666. The zero-order valence-electron chi connectivity index (χ0n) is 13.5. The molecule has 23 heavy (non-hydrogen) atoms. The van der Waals surface area contributed by atoms with Crippen LogP contribution in [-0.2, 0) is 25.9 Å². The lowest BCUT2D eigenvalue weighted by Crippen LogP contribution is -2.16. The summed E-state index contributed by atoms with van der Waals surface area (Å²) in [7, 11) is 0. The first-order chi connectivity index (χ1) is 11.4. The molecule has 0 saturated carbocycles. The number of hydrogen-bond donors (Lipinski definition) is 1. The number of aryl methyl sites for hydroxylation is 2. The lowest BCUT2D eigenvalue weighted by atomic mass is 10.1. The summed E-state index contributed by atoms with van der Waals surface area (Å²) in [5, 5.41) is 21.0. The molecular formula is C18H23N5. The summed E-state index contributed by atoms with van der Waals surface area (Å²) in [6.45, 7) is 2.88. The van der Waals surface area contributed by atoms with Crippen LogP contribution in [0.3, 0.4) is 0 Å². The number of nitriles is 1. The van der Waals surface area contributed by atoms with E-state index >= 15 is 0 Å². The molecular weight excluding hydrogens is 286 g/mol. The van der Waals surface area contributed by atoms with E-state index in [0.717, 1.165) is 44.7 Å². The Morgan fingerprint density at radius 2 is 2.00 bits per heavy atom. The number of fused-ring (bicyclic) bond motifs is 1. The highest BCUT2D eigenvalue weighted by molar-refractivity contribution is 5.31. The monoisotopic (exact) mass is 309 g/mol. The summed E-state index contributed by atoms with van der Waals surface area (Å²) in [6, 6.07) is 9.87. The van der Waals surface area contributed by atoms with Crippen molar-refractivity contribution in [2.75, 3.05) is 6.54 Å². The van der Waals surface area contributed by atoms with Crippen LogP contribution in [0.1, 0.15) is 48.5 Å². The summed E-state index contributed by atoms with van der Waals surface area (Å²) in [4.78, 5) is 0. The molecule has 0 unspecified atom stereocenters. The summed E-state index contributed by atoms with van der Waals surface area (Å²) in [5.74, 6) is 2.31. The second kappa shape index (κ2) is 7.89. The van der Waals surface area contributed by atoms with E-state index in [1.165, 1.54) is 30.7 Å². The first-order valence-electron chi connectivity index (χ1n) is 8.47. The summed E-state index contributed by atoms with van der Waals surface area (Å²) < 4.78 is 2.33. The van der Waals surface area contributed by atoms with E-state index in [4.69, 9.17) is 5.26 Å². The lowest BCUT2D eigenvalue weighted by molar-refractivity contribution is 0.581.